The van der Waals surface area contributed by atoms with E-state index in [-0.39, 0.29) is 11.4 Å². The first-order chi connectivity index (χ1) is 14.0. The normalized spacial score (nSPS) is 15.7. The second-order valence-electron chi connectivity index (χ2n) is 7.84. The first kappa shape index (κ1) is 22.5. The average Bonchev–Trinajstić information content (AvgIpc) is 3.05. The van der Waals surface area contributed by atoms with Crippen molar-refractivity contribution in [1.82, 2.24) is 19.5 Å². The van der Waals surface area contributed by atoms with E-state index in [0.29, 0.717) is 36.5 Å². The molecule has 1 aliphatic heterocycles. The largest absolute Gasteiger partial charge is 0.486 e. The average molecular weight is 447 g/mol. The van der Waals surface area contributed by atoms with E-state index in [1.807, 2.05) is 30.7 Å². The Bertz CT molecular complexity index is 864. The van der Waals surface area contributed by atoms with Crippen LogP contribution in [0.5, 0.6) is 5.75 Å². The molecule has 11 heteroatoms. The van der Waals surface area contributed by atoms with Crippen molar-refractivity contribution in [2.75, 3.05) is 36.5 Å². The molecule has 0 atom stereocenters. The molecule has 0 unspecified atom stereocenters. The first-order valence-corrected chi connectivity index (χ1v) is 10.2. The topological polar surface area (TPSA) is 59.3 Å². The predicted octanol–water partition coefficient (Wildman–Crippen LogP) is 4.02. The Morgan fingerprint density at radius 1 is 1.27 bits per heavy atom. The fourth-order valence-electron chi connectivity index (χ4n) is 3.63. The lowest BCUT2D eigenvalue weighted by atomic mass is 9.96. The minimum atomic E-state index is -4.44. The van der Waals surface area contributed by atoms with Crippen molar-refractivity contribution in [1.29, 1.82) is 0 Å². The van der Waals surface area contributed by atoms with Crippen LogP contribution in [0.3, 0.4) is 0 Å². The van der Waals surface area contributed by atoms with Crippen LogP contribution in [0.4, 0.5) is 24.9 Å². The molecule has 0 bridgehead atoms. The third kappa shape index (κ3) is 5.27. The summed E-state index contributed by atoms with van der Waals surface area (Å²) in [5.41, 5.74) is -0.861. The minimum Gasteiger partial charge on any atom is -0.486 e. The van der Waals surface area contributed by atoms with Crippen molar-refractivity contribution in [2.45, 2.75) is 39.0 Å². The highest BCUT2D eigenvalue weighted by Crippen LogP contribution is 2.32. The van der Waals surface area contributed by atoms with Gasteiger partial charge in [-0.1, -0.05) is 0 Å². The van der Waals surface area contributed by atoms with Crippen molar-refractivity contribution in [3.8, 4) is 5.75 Å². The van der Waals surface area contributed by atoms with Crippen LogP contribution in [0.15, 0.2) is 12.4 Å². The summed E-state index contributed by atoms with van der Waals surface area (Å²) < 4.78 is 46.0. The number of aryl methyl sites for hydroxylation is 1. The van der Waals surface area contributed by atoms with Crippen LogP contribution in [0.1, 0.15) is 32.4 Å². The number of halogens is 4. The third-order valence-electron chi connectivity index (χ3n) is 5.00. The van der Waals surface area contributed by atoms with Gasteiger partial charge in [-0.05, 0) is 44.2 Å². The lowest BCUT2D eigenvalue weighted by Crippen LogP contribution is -2.39. The molecule has 1 fully saturated rings. The number of nitrogens with zero attached hydrogens (tertiary/aromatic N) is 6. The van der Waals surface area contributed by atoms with Crippen molar-refractivity contribution < 1.29 is 17.9 Å². The fraction of sp³-hybridized carbons (Fsp3) is 0.632. The lowest BCUT2D eigenvalue weighted by molar-refractivity contribution is -0.140. The molecule has 1 aliphatic rings. The molecule has 1 saturated heterocycles. The van der Waals surface area contributed by atoms with Gasteiger partial charge in [-0.2, -0.15) is 18.2 Å². The summed E-state index contributed by atoms with van der Waals surface area (Å²) in [5.74, 6) is 1.91. The van der Waals surface area contributed by atoms with E-state index >= 15 is 0 Å². The van der Waals surface area contributed by atoms with Crippen molar-refractivity contribution in [3.05, 3.63) is 23.4 Å². The molecule has 0 spiro atoms. The zero-order valence-electron chi connectivity index (χ0n) is 17.4. The zero-order valence-corrected chi connectivity index (χ0v) is 18.2. The Kier molecular flexibility index (Phi) is 6.64. The monoisotopic (exact) mass is 446 g/mol. The van der Waals surface area contributed by atoms with Crippen LogP contribution in [0.2, 0.25) is 5.28 Å². The van der Waals surface area contributed by atoms with Gasteiger partial charge in [-0.15, -0.1) is 0 Å². The molecule has 0 aliphatic carbocycles. The van der Waals surface area contributed by atoms with Crippen LogP contribution in [-0.2, 0) is 13.2 Å². The number of piperidine rings is 1. The summed E-state index contributed by atoms with van der Waals surface area (Å²) in [5, 5.41) is 0.151. The van der Waals surface area contributed by atoms with Crippen LogP contribution in [-0.4, -0.2) is 52.3 Å². The highest BCUT2D eigenvalue weighted by atomic mass is 35.5. The Morgan fingerprint density at radius 3 is 2.50 bits per heavy atom. The minimum absolute atomic E-state index is 0.0236. The summed E-state index contributed by atoms with van der Waals surface area (Å²) in [4.78, 5) is 16.0. The van der Waals surface area contributed by atoms with Crippen LogP contribution in [0.25, 0.3) is 0 Å². The van der Waals surface area contributed by atoms with Crippen molar-refractivity contribution >= 4 is 23.4 Å². The Hall–Kier alpha value is -2.23. The smallest absolute Gasteiger partial charge is 0.434 e. The summed E-state index contributed by atoms with van der Waals surface area (Å²) in [6.45, 7) is 5.86. The number of aromatic nitrogens is 4. The number of hydrogen-bond acceptors (Lipinski definition) is 6. The molecule has 30 heavy (non-hydrogen) atoms. The van der Waals surface area contributed by atoms with E-state index in [4.69, 9.17) is 16.3 Å². The summed E-state index contributed by atoms with van der Waals surface area (Å²) >= 11 is 5.98. The maximum Gasteiger partial charge on any atom is 0.434 e. The van der Waals surface area contributed by atoms with E-state index in [1.165, 1.54) is 4.57 Å². The van der Waals surface area contributed by atoms with Gasteiger partial charge in [0.25, 0.3) is 0 Å². The Labute approximate surface area is 178 Å². The molecular weight excluding hydrogens is 421 g/mol. The van der Waals surface area contributed by atoms with Gasteiger partial charge < -0.3 is 19.1 Å². The molecule has 0 radical (unpaired) electrons. The van der Waals surface area contributed by atoms with Gasteiger partial charge in [0.2, 0.25) is 11.2 Å². The SMILES string of the molecule is CC(C)Oc1cnc(Cl)nc1N(C)CC1CCN(c2nc(C(F)(F)F)cn2C)CC1. The zero-order chi connectivity index (χ0) is 22.1. The summed E-state index contributed by atoms with van der Waals surface area (Å²) in [6.07, 6.45) is -0.196. The van der Waals surface area contributed by atoms with Crippen molar-refractivity contribution in [3.63, 3.8) is 0 Å². The second-order valence-corrected chi connectivity index (χ2v) is 8.18. The van der Waals surface area contributed by atoms with Gasteiger partial charge in [0, 0.05) is 39.9 Å². The molecule has 2 aromatic rings. The molecule has 0 N–H and O–H groups in total. The maximum absolute atomic E-state index is 12.9. The second kappa shape index (κ2) is 8.87. The van der Waals surface area contributed by atoms with Gasteiger partial charge in [-0.25, -0.2) is 9.97 Å². The Morgan fingerprint density at radius 2 is 1.93 bits per heavy atom. The number of ether oxygens (including phenoxy) is 1. The lowest BCUT2D eigenvalue weighted by Gasteiger charge is -2.35. The summed E-state index contributed by atoms with van der Waals surface area (Å²) in [7, 11) is 3.51. The van der Waals surface area contributed by atoms with Gasteiger partial charge in [0.05, 0.1) is 12.3 Å². The van der Waals surface area contributed by atoms with Crippen LogP contribution < -0.4 is 14.5 Å². The highest BCUT2D eigenvalue weighted by Gasteiger charge is 2.35. The van der Waals surface area contributed by atoms with E-state index in [0.717, 1.165) is 25.6 Å². The number of imidazole rings is 1. The molecule has 2 aromatic heterocycles. The number of alkyl halides is 3. The van der Waals surface area contributed by atoms with Gasteiger partial charge in [-0.3, -0.25) is 0 Å². The van der Waals surface area contributed by atoms with E-state index < -0.39 is 11.9 Å². The quantitative estimate of drug-likeness (QED) is 0.624. The predicted molar refractivity (Wildman–Crippen MR) is 109 cm³/mol. The molecule has 3 rings (SSSR count). The standard InChI is InChI=1S/C19H26ClF3N6O/c1-12(2)30-14-9-24-17(20)26-16(14)27(3)10-13-5-7-29(8-6-13)18-25-15(11-28(18)4)19(21,22)23/h9,11-13H,5-8,10H2,1-4H3. The Balaban J connectivity index is 1.63. The molecule has 7 nitrogen and oxygen atoms in total. The molecule has 0 amide bonds. The van der Waals surface area contributed by atoms with Gasteiger partial charge >= 0.3 is 6.18 Å². The molecular formula is C19H26ClF3N6O. The number of hydrogen-bond donors (Lipinski definition) is 0. The first-order valence-electron chi connectivity index (χ1n) is 9.80. The van der Waals surface area contributed by atoms with Gasteiger partial charge in [0.15, 0.2) is 17.3 Å². The van der Waals surface area contributed by atoms with Crippen molar-refractivity contribution in [2.24, 2.45) is 13.0 Å². The highest BCUT2D eigenvalue weighted by molar-refractivity contribution is 6.28. The fourth-order valence-corrected chi connectivity index (χ4v) is 3.76. The molecule has 0 saturated carbocycles. The molecule has 166 valence electrons. The molecule has 3 heterocycles. The number of rotatable bonds is 6. The van der Waals surface area contributed by atoms with E-state index in [9.17, 15) is 13.2 Å². The maximum atomic E-state index is 12.9. The van der Waals surface area contributed by atoms with Crippen LogP contribution in [0, 0.1) is 5.92 Å². The molecule has 0 aromatic carbocycles. The van der Waals surface area contributed by atoms with E-state index in [1.54, 1.807) is 13.2 Å². The van der Waals surface area contributed by atoms with Gasteiger partial charge in [0.1, 0.15) is 0 Å². The summed E-state index contributed by atoms with van der Waals surface area (Å²) in [6, 6.07) is 0. The number of anilines is 2. The third-order valence-corrected chi connectivity index (χ3v) is 5.18. The van der Waals surface area contributed by atoms with Crippen LogP contribution >= 0.6 is 11.6 Å². The van der Waals surface area contributed by atoms with E-state index in [2.05, 4.69) is 15.0 Å².